The lowest BCUT2D eigenvalue weighted by molar-refractivity contribution is -0.139. The topological polar surface area (TPSA) is 61.8 Å². The number of aryl methyl sites for hydroxylation is 1. The smallest absolute Gasteiger partial charge is 0.416 e. The second kappa shape index (κ2) is 9.13. The van der Waals surface area contributed by atoms with Crippen molar-refractivity contribution in [1.82, 2.24) is 5.43 Å². The molecule has 5 nitrogen and oxygen atoms in total. The van der Waals surface area contributed by atoms with Gasteiger partial charge in [-0.2, -0.15) is 13.2 Å². The van der Waals surface area contributed by atoms with E-state index in [0.29, 0.717) is 17.2 Å². The highest BCUT2D eigenvalue weighted by Crippen LogP contribution is 2.38. The maximum absolute atomic E-state index is 12.7. The summed E-state index contributed by atoms with van der Waals surface area (Å²) >= 11 is 3.04. The minimum Gasteiger partial charge on any atom is -0.482 e. The highest BCUT2D eigenvalue weighted by atomic mass is 32.2. The van der Waals surface area contributed by atoms with Crippen molar-refractivity contribution >= 4 is 35.4 Å². The number of nitrogens with one attached hydrogen (secondary N) is 1. The molecule has 2 N–H and O–H groups in total. The second-order valence-corrected chi connectivity index (χ2v) is 8.58. The molecular formula is C20H19F3N2O3S2. The van der Waals surface area contributed by atoms with Crippen LogP contribution in [0.5, 0.6) is 5.75 Å². The molecule has 0 bridgehead atoms. The molecule has 0 unspecified atom stereocenters. The summed E-state index contributed by atoms with van der Waals surface area (Å²) in [6.45, 7) is 3.38. The zero-order chi connectivity index (χ0) is 21.9. The molecule has 2 aromatic carbocycles. The molecule has 0 amide bonds. The number of hydrogen-bond acceptors (Lipinski definition) is 6. The van der Waals surface area contributed by atoms with Crippen molar-refractivity contribution < 1.29 is 27.8 Å². The Kier molecular flexibility index (Phi) is 6.77. The lowest BCUT2D eigenvalue weighted by Crippen LogP contribution is -2.25. The summed E-state index contributed by atoms with van der Waals surface area (Å²) in [6, 6.07) is 10.5. The van der Waals surface area contributed by atoms with E-state index in [0.717, 1.165) is 33.2 Å². The zero-order valence-corrected chi connectivity index (χ0v) is 17.7. The SMILES string of the molecule is CC1=C(CSc2ccc(OCC(=O)O)c(C)c2)SN(c2ccc(C(F)(F)F)cc2)N1. The average Bonchev–Trinajstić information content (AvgIpc) is 3.05. The van der Waals surface area contributed by atoms with Crippen molar-refractivity contribution in [2.45, 2.75) is 24.9 Å². The van der Waals surface area contributed by atoms with Gasteiger partial charge in [-0.3, -0.25) is 5.43 Å². The number of hydrazine groups is 1. The number of allylic oxidation sites excluding steroid dienone is 1. The lowest BCUT2D eigenvalue weighted by atomic mass is 10.2. The van der Waals surface area contributed by atoms with Crippen LogP contribution < -0.4 is 14.6 Å². The molecule has 30 heavy (non-hydrogen) atoms. The lowest BCUT2D eigenvalue weighted by Gasteiger charge is -2.18. The maximum atomic E-state index is 12.7. The van der Waals surface area contributed by atoms with E-state index in [1.807, 2.05) is 26.0 Å². The van der Waals surface area contributed by atoms with E-state index in [1.54, 1.807) is 22.2 Å². The number of thioether (sulfide) groups is 1. The normalized spacial score (nSPS) is 14.1. The molecule has 0 spiro atoms. The number of nitrogens with zero attached hydrogens (tertiary/aromatic N) is 1. The van der Waals surface area contributed by atoms with Crippen LogP contribution in [0.4, 0.5) is 18.9 Å². The molecule has 1 aliphatic rings. The molecule has 3 rings (SSSR count). The Morgan fingerprint density at radius 2 is 1.90 bits per heavy atom. The molecule has 0 fully saturated rings. The van der Waals surface area contributed by atoms with E-state index in [2.05, 4.69) is 5.43 Å². The third kappa shape index (κ3) is 5.57. The number of alkyl halides is 3. The maximum Gasteiger partial charge on any atom is 0.416 e. The first-order valence-corrected chi connectivity index (χ1v) is 10.6. The van der Waals surface area contributed by atoms with Crippen LogP contribution in [0, 0.1) is 6.92 Å². The molecular weight excluding hydrogens is 437 g/mol. The Morgan fingerprint density at radius 1 is 1.20 bits per heavy atom. The van der Waals surface area contributed by atoms with Crippen LogP contribution in [0.3, 0.4) is 0 Å². The molecule has 0 saturated carbocycles. The van der Waals surface area contributed by atoms with Crippen molar-refractivity contribution in [3.05, 3.63) is 64.2 Å². The van der Waals surface area contributed by atoms with E-state index >= 15 is 0 Å². The van der Waals surface area contributed by atoms with Crippen LogP contribution in [-0.2, 0) is 11.0 Å². The minimum absolute atomic E-state index is 0.387. The number of halogens is 3. The number of ether oxygens (including phenoxy) is 1. The third-order valence-electron chi connectivity index (χ3n) is 4.19. The van der Waals surface area contributed by atoms with E-state index in [4.69, 9.17) is 9.84 Å². The number of carbonyl (C=O) groups is 1. The number of carboxylic acids is 1. The van der Waals surface area contributed by atoms with E-state index in [9.17, 15) is 18.0 Å². The van der Waals surface area contributed by atoms with Crippen molar-refractivity contribution in [1.29, 1.82) is 0 Å². The molecule has 1 aliphatic heterocycles. The van der Waals surface area contributed by atoms with Crippen LogP contribution in [-0.4, -0.2) is 23.4 Å². The summed E-state index contributed by atoms with van der Waals surface area (Å²) in [5.74, 6) is 0.177. The van der Waals surface area contributed by atoms with Gasteiger partial charge in [0.05, 0.1) is 11.3 Å². The summed E-state index contributed by atoms with van der Waals surface area (Å²) in [7, 11) is 0. The van der Waals surface area contributed by atoms with Crippen LogP contribution >= 0.6 is 23.7 Å². The van der Waals surface area contributed by atoms with Crippen LogP contribution in [0.2, 0.25) is 0 Å². The predicted octanol–water partition coefficient (Wildman–Crippen LogP) is 5.47. The van der Waals surface area contributed by atoms with Gasteiger partial charge in [0, 0.05) is 33.2 Å². The fourth-order valence-corrected chi connectivity index (χ4v) is 4.75. The van der Waals surface area contributed by atoms with Crippen LogP contribution in [0.1, 0.15) is 18.1 Å². The molecule has 10 heteroatoms. The highest BCUT2D eigenvalue weighted by molar-refractivity contribution is 8.07. The number of benzene rings is 2. The second-order valence-electron chi connectivity index (χ2n) is 6.49. The fraction of sp³-hybridized carbons (Fsp3) is 0.250. The summed E-state index contributed by atoms with van der Waals surface area (Å²) in [6.07, 6.45) is -4.35. The molecule has 0 atom stereocenters. The first-order chi connectivity index (χ1) is 14.1. The van der Waals surface area contributed by atoms with Gasteiger partial charge in [0.1, 0.15) is 5.75 Å². The monoisotopic (exact) mass is 456 g/mol. The molecule has 0 saturated heterocycles. The van der Waals surface area contributed by atoms with Gasteiger partial charge in [-0.25, -0.2) is 9.21 Å². The van der Waals surface area contributed by atoms with Gasteiger partial charge in [0.15, 0.2) is 6.61 Å². The largest absolute Gasteiger partial charge is 0.482 e. The van der Waals surface area contributed by atoms with Gasteiger partial charge in [0.25, 0.3) is 0 Å². The number of carboxylic acid groups (broad SMARTS) is 1. The first-order valence-electron chi connectivity index (χ1n) is 8.83. The van der Waals surface area contributed by atoms with E-state index in [1.165, 1.54) is 24.1 Å². The van der Waals surface area contributed by atoms with Crippen LogP contribution in [0.25, 0.3) is 0 Å². The first kappa shape index (κ1) is 22.2. The third-order valence-corrected chi connectivity index (χ3v) is 6.54. The van der Waals surface area contributed by atoms with Gasteiger partial charge in [0.2, 0.25) is 0 Å². The number of hydrogen-bond donors (Lipinski definition) is 2. The van der Waals surface area contributed by atoms with Crippen molar-refractivity contribution in [2.24, 2.45) is 0 Å². The van der Waals surface area contributed by atoms with Gasteiger partial charge in [-0.1, -0.05) is 0 Å². The van der Waals surface area contributed by atoms with Gasteiger partial charge in [-0.15, -0.1) is 11.8 Å². The standard InChI is InChI=1S/C20H19F3N2O3S2/c1-12-9-16(7-8-17(12)28-10-19(26)27)29-11-18-13(2)24-25(30-18)15-5-3-14(4-6-15)20(21,22)23/h3-9,24H,10-11H2,1-2H3,(H,26,27). The number of rotatable bonds is 7. The average molecular weight is 457 g/mol. The van der Waals surface area contributed by atoms with Gasteiger partial charge in [-0.05, 0) is 61.9 Å². The predicted molar refractivity (Wildman–Crippen MR) is 112 cm³/mol. The quantitative estimate of drug-likeness (QED) is 0.423. The Morgan fingerprint density at radius 3 is 2.50 bits per heavy atom. The molecule has 2 aromatic rings. The van der Waals surface area contributed by atoms with Crippen LogP contribution in [0.15, 0.2) is 58.0 Å². The van der Waals surface area contributed by atoms with E-state index in [-0.39, 0.29) is 6.61 Å². The fourth-order valence-electron chi connectivity index (χ4n) is 2.62. The Balaban J connectivity index is 1.58. The molecule has 1 heterocycles. The summed E-state index contributed by atoms with van der Waals surface area (Å²) < 4.78 is 45.2. The molecule has 0 aromatic heterocycles. The summed E-state index contributed by atoms with van der Waals surface area (Å²) in [5.41, 5.74) is 4.90. The van der Waals surface area contributed by atoms with E-state index < -0.39 is 17.7 Å². The molecule has 0 radical (unpaired) electrons. The molecule has 0 aliphatic carbocycles. The Labute approximate surface area is 180 Å². The Bertz CT molecular complexity index is 963. The summed E-state index contributed by atoms with van der Waals surface area (Å²) in [5, 5.41) is 8.71. The van der Waals surface area contributed by atoms with Gasteiger partial charge < -0.3 is 9.84 Å². The zero-order valence-electron chi connectivity index (χ0n) is 16.1. The summed E-state index contributed by atoms with van der Waals surface area (Å²) in [4.78, 5) is 12.7. The van der Waals surface area contributed by atoms with Gasteiger partial charge >= 0.3 is 12.1 Å². The Hall–Kier alpha value is -2.46. The number of aliphatic carboxylic acids is 1. The van der Waals surface area contributed by atoms with Crippen molar-refractivity contribution in [2.75, 3.05) is 16.8 Å². The highest BCUT2D eigenvalue weighted by Gasteiger charge is 2.30. The molecule has 160 valence electrons. The van der Waals surface area contributed by atoms with Crippen molar-refractivity contribution in [3.8, 4) is 5.75 Å². The number of anilines is 1. The van der Waals surface area contributed by atoms with Crippen molar-refractivity contribution in [3.63, 3.8) is 0 Å². The minimum atomic E-state index is -4.35.